The van der Waals surface area contributed by atoms with E-state index in [1.807, 2.05) is 22.7 Å². The molecule has 4 aromatic heterocycles. The Balaban J connectivity index is 0.000000147. The normalized spacial score (nSPS) is 23.9. The van der Waals surface area contributed by atoms with Crippen LogP contribution in [0, 0.1) is 0 Å². The van der Waals surface area contributed by atoms with E-state index in [1.165, 1.54) is 101 Å². The Hall–Kier alpha value is -2.93. The molecule has 2 saturated carbocycles. The highest BCUT2D eigenvalue weighted by Crippen LogP contribution is 2.41. The predicted octanol–water partition coefficient (Wildman–Crippen LogP) is 6.03. The zero-order valence-corrected chi connectivity index (χ0v) is 28.1. The van der Waals surface area contributed by atoms with Crippen LogP contribution >= 0.6 is 22.7 Å². The summed E-state index contributed by atoms with van der Waals surface area (Å²) >= 11 is 3.72. The first-order valence-corrected chi connectivity index (χ1v) is 18.1. The summed E-state index contributed by atoms with van der Waals surface area (Å²) in [5.41, 5.74) is 9.01. The van der Waals surface area contributed by atoms with Crippen LogP contribution in [0.1, 0.15) is 85.1 Å². The molecule has 10 nitrogen and oxygen atoms in total. The molecular weight excluding hydrogens is 605 g/mol. The van der Waals surface area contributed by atoms with Gasteiger partial charge in [0.05, 0.1) is 10.8 Å². The van der Waals surface area contributed by atoms with Gasteiger partial charge in [0.1, 0.15) is 34.0 Å². The van der Waals surface area contributed by atoms with E-state index >= 15 is 0 Å². The minimum atomic E-state index is -0.250. The monoisotopic (exact) mass is 650 g/mol. The molecule has 2 fully saturated rings. The smallest absolute Gasteiger partial charge is 0.290 e. The van der Waals surface area contributed by atoms with Crippen molar-refractivity contribution in [2.24, 2.45) is 5.73 Å². The van der Waals surface area contributed by atoms with Gasteiger partial charge in [0.2, 0.25) is 0 Å². The van der Waals surface area contributed by atoms with Crippen molar-refractivity contribution in [3.05, 3.63) is 33.5 Å². The van der Waals surface area contributed by atoms with Crippen molar-refractivity contribution in [2.75, 3.05) is 24.7 Å². The molecule has 0 aliphatic heterocycles. The summed E-state index contributed by atoms with van der Waals surface area (Å²) in [6.07, 6.45) is 20.4. The maximum Gasteiger partial charge on any atom is 0.290 e. The molecule has 0 radical (unpaired) electrons. The number of nitrogens with two attached hydrogens (primary N) is 1. The van der Waals surface area contributed by atoms with Crippen molar-refractivity contribution in [3.63, 3.8) is 0 Å². The van der Waals surface area contributed by atoms with E-state index in [2.05, 4.69) is 49.6 Å². The molecule has 242 valence electrons. The van der Waals surface area contributed by atoms with Gasteiger partial charge in [-0.3, -0.25) is 4.79 Å². The molecule has 4 heterocycles. The average molecular weight is 651 g/mol. The third-order valence-electron chi connectivity index (χ3n) is 9.88. The second-order valence-corrected chi connectivity index (χ2v) is 15.2. The molecule has 4 aliphatic rings. The maximum absolute atomic E-state index is 8.36. The number of rotatable bonds is 5. The van der Waals surface area contributed by atoms with Crippen molar-refractivity contribution in [3.8, 4) is 0 Å². The van der Waals surface area contributed by atoms with Gasteiger partial charge in [-0.1, -0.05) is 0 Å². The summed E-state index contributed by atoms with van der Waals surface area (Å²) in [6, 6.07) is 2.22. The molecule has 0 bridgehead atoms. The summed E-state index contributed by atoms with van der Waals surface area (Å²) in [6.45, 7) is -0.250. The number of aryl methyl sites for hydroxylation is 4. The Morgan fingerprint density at radius 1 is 0.756 bits per heavy atom. The largest absolute Gasteiger partial charge is 0.483 e. The Morgan fingerprint density at radius 3 is 1.64 bits per heavy atom. The van der Waals surface area contributed by atoms with E-state index in [0.29, 0.717) is 18.1 Å². The van der Waals surface area contributed by atoms with Crippen molar-refractivity contribution in [1.82, 2.24) is 24.8 Å². The summed E-state index contributed by atoms with van der Waals surface area (Å²) in [5.74, 6) is 2.13. The minimum absolute atomic E-state index is 0.250. The van der Waals surface area contributed by atoms with Gasteiger partial charge in [0.25, 0.3) is 6.47 Å². The van der Waals surface area contributed by atoms with Crippen LogP contribution < -0.4 is 16.4 Å². The molecule has 0 atom stereocenters. The third-order valence-corrected chi connectivity index (χ3v) is 12.3. The Bertz CT molecular complexity index is 1590. The van der Waals surface area contributed by atoms with Gasteiger partial charge in [0.15, 0.2) is 0 Å². The lowest BCUT2D eigenvalue weighted by atomic mass is 9.90. The Labute approximate surface area is 273 Å². The van der Waals surface area contributed by atoms with E-state index in [4.69, 9.17) is 15.6 Å². The van der Waals surface area contributed by atoms with Crippen LogP contribution in [0.15, 0.2) is 12.7 Å². The molecule has 4 aliphatic carbocycles. The van der Waals surface area contributed by atoms with E-state index < -0.39 is 0 Å². The van der Waals surface area contributed by atoms with Crippen LogP contribution in [0.4, 0.5) is 11.6 Å². The fourth-order valence-electron chi connectivity index (χ4n) is 7.46. The van der Waals surface area contributed by atoms with Crippen LogP contribution in [-0.4, -0.2) is 74.7 Å². The van der Waals surface area contributed by atoms with Crippen molar-refractivity contribution in [1.29, 1.82) is 0 Å². The summed E-state index contributed by atoms with van der Waals surface area (Å²) < 4.78 is 0. The summed E-state index contributed by atoms with van der Waals surface area (Å²) in [7, 11) is 4.39. The lowest BCUT2D eigenvalue weighted by molar-refractivity contribution is -0.122. The third kappa shape index (κ3) is 7.24. The average Bonchev–Trinajstić information content (AvgIpc) is 3.81. The molecule has 45 heavy (non-hydrogen) atoms. The molecule has 0 saturated heterocycles. The second-order valence-electron chi connectivity index (χ2n) is 13.0. The van der Waals surface area contributed by atoms with Crippen LogP contribution in [0.3, 0.4) is 0 Å². The van der Waals surface area contributed by atoms with Crippen molar-refractivity contribution in [2.45, 2.75) is 114 Å². The van der Waals surface area contributed by atoms with E-state index in [1.54, 1.807) is 12.7 Å². The highest BCUT2D eigenvalue weighted by Gasteiger charge is 2.26. The van der Waals surface area contributed by atoms with E-state index in [-0.39, 0.29) is 6.47 Å². The molecule has 4 aromatic rings. The van der Waals surface area contributed by atoms with Gasteiger partial charge in [-0.05, 0) is 115 Å². The molecular formula is C33H46N8O2S2. The fraction of sp³-hybridized carbons (Fsp3) is 0.606. The molecule has 0 spiro atoms. The van der Waals surface area contributed by atoms with E-state index in [9.17, 15) is 0 Å². The zero-order chi connectivity index (χ0) is 31.3. The Kier molecular flexibility index (Phi) is 10.4. The quantitative estimate of drug-likeness (QED) is 0.189. The highest BCUT2D eigenvalue weighted by atomic mass is 32.1. The molecule has 0 aromatic carbocycles. The second kappa shape index (κ2) is 14.7. The first-order chi connectivity index (χ1) is 21.9. The number of nitrogens with zero attached hydrogens (tertiary/aromatic N) is 5. The molecule has 5 N–H and O–H groups in total. The van der Waals surface area contributed by atoms with Crippen LogP contribution in [0.25, 0.3) is 20.4 Å². The SMILES string of the molecule is CN(C)C1CCC(Nc2ncnc3sc4c(c23)CCC4)CC1.NC1CCC(Nc2ncnc3sc4c(c23)CCC4)CC1.O=CO. The first kappa shape index (κ1) is 32.0. The number of anilines is 2. The van der Waals surface area contributed by atoms with Crippen LogP contribution in [0.5, 0.6) is 0 Å². The van der Waals surface area contributed by atoms with E-state index in [0.717, 1.165) is 48.2 Å². The fourth-order valence-corrected chi connectivity index (χ4v) is 9.92. The maximum atomic E-state index is 8.36. The number of thiophene rings is 2. The number of fused-ring (bicyclic) bond motifs is 6. The number of nitrogens with one attached hydrogen (secondary N) is 2. The van der Waals surface area contributed by atoms with Crippen LogP contribution in [0.2, 0.25) is 0 Å². The number of hydrogen-bond acceptors (Lipinski definition) is 11. The number of aromatic nitrogens is 4. The molecule has 0 unspecified atom stereocenters. The van der Waals surface area contributed by atoms with Gasteiger partial charge >= 0.3 is 0 Å². The number of hydrogen-bond donors (Lipinski definition) is 4. The standard InChI is InChI=1S/C17H24N4S.C15H20N4S.CH2O2/c1-21(2)12-8-6-11(7-9-12)20-16-15-13-4-3-5-14(13)22-17(15)19-10-18-16;16-9-4-6-10(7-5-9)19-14-13-11-2-1-3-12(11)20-15(13)18-8-17-14;2-1-3/h10-12H,3-9H2,1-2H3,(H,18,19,20);8-10H,1-7,16H2,(H,17,18,19);1H,(H,2,3). The van der Waals surface area contributed by atoms with Gasteiger partial charge in [-0.2, -0.15) is 0 Å². The number of carbonyl (C=O) groups is 1. The lowest BCUT2D eigenvalue weighted by Crippen LogP contribution is -2.36. The number of carboxylic acid groups (broad SMARTS) is 1. The zero-order valence-electron chi connectivity index (χ0n) is 26.4. The molecule has 8 rings (SSSR count). The predicted molar refractivity (Wildman–Crippen MR) is 185 cm³/mol. The van der Waals surface area contributed by atoms with Crippen LogP contribution in [-0.2, 0) is 30.5 Å². The van der Waals surface area contributed by atoms with Gasteiger partial charge in [-0.25, -0.2) is 19.9 Å². The lowest BCUT2D eigenvalue weighted by Gasteiger charge is -2.33. The first-order valence-electron chi connectivity index (χ1n) is 16.5. The van der Waals surface area contributed by atoms with Crippen molar-refractivity contribution < 1.29 is 9.90 Å². The topological polar surface area (TPSA) is 142 Å². The highest BCUT2D eigenvalue weighted by molar-refractivity contribution is 7.19. The summed E-state index contributed by atoms with van der Waals surface area (Å²) in [5, 5.41) is 16.9. The minimum Gasteiger partial charge on any atom is -0.483 e. The molecule has 0 amide bonds. The summed E-state index contributed by atoms with van der Waals surface area (Å²) in [4.78, 5) is 34.2. The Morgan fingerprint density at radius 2 is 1.20 bits per heavy atom. The molecule has 12 heteroatoms. The van der Waals surface area contributed by atoms with Gasteiger partial charge in [-0.15, -0.1) is 22.7 Å². The van der Waals surface area contributed by atoms with Gasteiger partial charge in [0, 0.05) is 33.9 Å². The van der Waals surface area contributed by atoms with Gasteiger partial charge < -0.3 is 26.4 Å². The van der Waals surface area contributed by atoms with Crippen molar-refractivity contribution >= 4 is 61.2 Å².